The SMILES string of the molecule is CN(Cc1ccc(C(F)(F)F)cc1)Cn1nc(-c2cccs2)c2ccccc2c1=O. The second-order valence-electron chi connectivity index (χ2n) is 7.03. The van der Waals surface area contributed by atoms with E-state index in [9.17, 15) is 18.0 Å². The van der Waals surface area contributed by atoms with Gasteiger partial charge in [0.25, 0.3) is 5.56 Å². The molecule has 8 heteroatoms. The molecular formula is C22H18F3N3OS. The quantitative estimate of drug-likeness (QED) is 0.436. The first-order valence-electron chi connectivity index (χ1n) is 9.21. The summed E-state index contributed by atoms with van der Waals surface area (Å²) in [4.78, 5) is 15.7. The van der Waals surface area contributed by atoms with Crippen molar-refractivity contribution >= 4 is 22.1 Å². The van der Waals surface area contributed by atoms with Gasteiger partial charge in [-0.3, -0.25) is 9.69 Å². The molecule has 0 bridgehead atoms. The van der Waals surface area contributed by atoms with Gasteiger partial charge < -0.3 is 0 Å². The van der Waals surface area contributed by atoms with Crippen LogP contribution in [0.25, 0.3) is 21.3 Å². The molecule has 2 heterocycles. The van der Waals surface area contributed by atoms with E-state index in [4.69, 9.17) is 0 Å². The summed E-state index contributed by atoms with van der Waals surface area (Å²) in [6, 6.07) is 16.3. The summed E-state index contributed by atoms with van der Waals surface area (Å²) in [6.45, 7) is 0.594. The minimum atomic E-state index is -4.36. The number of hydrogen-bond acceptors (Lipinski definition) is 4. The average Bonchev–Trinajstić information content (AvgIpc) is 3.24. The highest BCUT2D eigenvalue weighted by molar-refractivity contribution is 7.13. The Morgan fingerprint density at radius 2 is 1.70 bits per heavy atom. The molecule has 2 aromatic heterocycles. The van der Waals surface area contributed by atoms with E-state index < -0.39 is 11.7 Å². The molecule has 0 aliphatic rings. The molecule has 0 atom stereocenters. The number of rotatable bonds is 5. The summed E-state index contributed by atoms with van der Waals surface area (Å²) < 4.78 is 39.6. The highest BCUT2D eigenvalue weighted by Gasteiger charge is 2.29. The normalized spacial score (nSPS) is 12.0. The summed E-state index contributed by atoms with van der Waals surface area (Å²) in [5, 5.41) is 7.93. The van der Waals surface area contributed by atoms with Crippen LogP contribution in [0.5, 0.6) is 0 Å². The Kier molecular flexibility index (Phi) is 5.44. The van der Waals surface area contributed by atoms with Crippen molar-refractivity contribution in [3.8, 4) is 10.6 Å². The number of hydrogen-bond donors (Lipinski definition) is 0. The summed E-state index contributed by atoms with van der Waals surface area (Å²) in [5.74, 6) is 0. The molecule has 0 radical (unpaired) electrons. The van der Waals surface area contributed by atoms with Crippen molar-refractivity contribution in [3.63, 3.8) is 0 Å². The van der Waals surface area contributed by atoms with Gasteiger partial charge in [0.1, 0.15) is 5.69 Å². The van der Waals surface area contributed by atoms with E-state index in [0.717, 1.165) is 33.7 Å². The van der Waals surface area contributed by atoms with Gasteiger partial charge in [0.2, 0.25) is 0 Å². The topological polar surface area (TPSA) is 38.1 Å². The third-order valence-electron chi connectivity index (χ3n) is 4.73. The van der Waals surface area contributed by atoms with Gasteiger partial charge in [0, 0.05) is 11.9 Å². The van der Waals surface area contributed by atoms with E-state index in [1.165, 1.54) is 16.8 Å². The molecule has 154 valence electrons. The lowest BCUT2D eigenvalue weighted by atomic mass is 10.1. The number of fused-ring (bicyclic) bond motifs is 1. The van der Waals surface area contributed by atoms with Gasteiger partial charge in [-0.1, -0.05) is 36.4 Å². The van der Waals surface area contributed by atoms with Crippen LogP contribution < -0.4 is 5.56 Å². The zero-order valence-corrected chi connectivity index (χ0v) is 16.9. The van der Waals surface area contributed by atoms with E-state index >= 15 is 0 Å². The lowest BCUT2D eigenvalue weighted by molar-refractivity contribution is -0.137. The zero-order valence-electron chi connectivity index (χ0n) is 16.1. The molecule has 0 spiro atoms. The predicted octanol–water partition coefficient (Wildman–Crippen LogP) is 5.23. The molecule has 30 heavy (non-hydrogen) atoms. The molecule has 4 rings (SSSR count). The van der Waals surface area contributed by atoms with Crippen LogP contribution in [0.3, 0.4) is 0 Å². The first kappa shape index (κ1) is 20.3. The Hall–Kier alpha value is -2.97. The molecule has 0 unspecified atom stereocenters. The highest BCUT2D eigenvalue weighted by atomic mass is 32.1. The Balaban J connectivity index is 1.62. The monoisotopic (exact) mass is 429 g/mol. The van der Waals surface area contributed by atoms with Crippen LogP contribution in [-0.2, 0) is 19.4 Å². The fourth-order valence-electron chi connectivity index (χ4n) is 3.32. The first-order chi connectivity index (χ1) is 14.3. The third kappa shape index (κ3) is 4.15. The molecule has 0 aliphatic carbocycles. The molecule has 0 N–H and O–H groups in total. The molecule has 2 aromatic carbocycles. The number of alkyl halides is 3. The summed E-state index contributed by atoms with van der Waals surface area (Å²) >= 11 is 1.55. The fraction of sp³-hybridized carbons (Fsp3) is 0.182. The standard InChI is InChI=1S/C22H18F3N3OS/c1-27(13-15-8-10-16(11-9-15)22(23,24)25)14-28-21(29)18-6-3-2-5-17(18)20(26-28)19-7-4-12-30-19/h2-12H,13-14H2,1H3. The minimum absolute atomic E-state index is 0.204. The predicted molar refractivity (Wildman–Crippen MR) is 112 cm³/mol. The lowest BCUT2D eigenvalue weighted by Crippen LogP contribution is -2.32. The molecule has 0 saturated carbocycles. The van der Waals surface area contributed by atoms with Crippen molar-refractivity contribution in [1.29, 1.82) is 0 Å². The van der Waals surface area contributed by atoms with E-state index in [1.807, 2.05) is 40.6 Å². The Labute approximate surface area is 174 Å². The van der Waals surface area contributed by atoms with Gasteiger partial charge in [0.15, 0.2) is 0 Å². The first-order valence-corrected chi connectivity index (χ1v) is 10.1. The molecule has 0 aliphatic heterocycles. The fourth-order valence-corrected chi connectivity index (χ4v) is 4.04. The van der Waals surface area contributed by atoms with Crippen molar-refractivity contribution < 1.29 is 13.2 Å². The van der Waals surface area contributed by atoms with Gasteiger partial charge in [-0.05, 0) is 42.3 Å². The van der Waals surface area contributed by atoms with E-state index in [1.54, 1.807) is 24.5 Å². The second-order valence-corrected chi connectivity index (χ2v) is 7.97. The number of benzene rings is 2. The van der Waals surface area contributed by atoms with Crippen molar-refractivity contribution in [3.05, 3.63) is 87.5 Å². The van der Waals surface area contributed by atoms with E-state index in [2.05, 4.69) is 5.10 Å². The largest absolute Gasteiger partial charge is 0.416 e. The molecular weight excluding hydrogens is 411 g/mol. The Bertz CT molecular complexity index is 1220. The van der Waals surface area contributed by atoms with Gasteiger partial charge in [-0.2, -0.15) is 18.3 Å². The smallest absolute Gasteiger partial charge is 0.283 e. The summed E-state index contributed by atoms with van der Waals surface area (Å²) in [5.41, 5.74) is 0.577. The van der Waals surface area contributed by atoms with Crippen molar-refractivity contribution in [2.24, 2.45) is 0 Å². The lowest BCUT2D eigenvalue weighted by Gasteiger charge is -2.19. The van der Waals surface area contributed by atoms with Crippen molar-refractivity contribution in [1.82, 2.24) is 14.7 Å². The molecule has 4 aromatic rings. The van der Waals surface area contributed by atoms with Crippen LogP contribution in [0.15, 0.2) is 70.8 Å². The van der Waals surface area contributed by atoms with Gasteiger partial charge in [-0.25, -0.2) is 4.68 Å². The van der Waals surface area contributed by atoms with Crippen LogP contribution in [0.2, 0.25) is 0 Å². The Morgan fingerprint density at radius 3 is 2.33 bits per heavy atom. The highest BCUT2D eigenvalue weighted by Crippen LogP contribution is 2.30. The number of thiophene rings is 1. The summed E-state index contributed by atoms with van der Waals surface area (Å²) in [6.07, 6.45) is -4.36. The third-order valence-corrected chi connectivity index (χ3v) is 5.61. The molecule has 4 nitrogen and oxygen atoms in total. The van der Waals surface area contributed by atoms with Gasteiger partial charge >= 0.3 is 6.18 Å². The number of nitrogens with zero attached hydrogens (tertiary/aromatic N) is 3. The number of halogens is 3. The van der Waals surface area contributed by atoms with Crippen LogP contribution in [0.1, 0.15) is 11.1 Å². The van der Waals surface area contributed by atoms with Crippen LogP contribution in [0.4, 0.5) is 13.2 Å². The molecule has 0 amide bonds. The van der Waals surface area contributed by atoms with Gasteiger partial charge in [-0.15, -0.1) is 11.3 Å². The maximum Gasteiger partial charge on any atom is 0.416 e. The van der Waals surface area contributed by atoms with Crippen LogP contribution in [0, 0.1) is 0 Å². The zero-order chi connectivity index (χ0) is 21.3. The maximum atomic E-state index is 12.9. The maximum absolute atomic E-state index is 12.9. The molecule has 0 fully saturated rings. The average molecular weight is 429 g/mol. The Morgan fingerprint density at radius 1 is 1.00 bits per heavy atom. The van der Waals surface area contributed by atoms with E-state index in [0.29, 0.717) is 11.9 Å². The van der Waals surface area contributed by atoms with E-state index in [-0.39, 0.29) is 12.2 Å². The van der Waals surface area contributed by atoms with Crippen molar-refractivity contribution in [2.45, 2.75) is 19.4 Å². The minimum Gasteiger partial charge on any atom is -0.283 e. The second kappa shape index (κ2) is 8.04. The number of aromatic nitrogens is 2. The van der Waals surface area contributed by atoms with Crippen LogP contribution >= 0.6 is 11.3 Å². The molecule has 0 saturated heterocycles. The summed E-state index contributed by atoms with van der Waals surface area (Å²) in [7, 11) is 1.80. The van der Waals surface area contributed by atoms with Crippen molar-refractivity contribution in [2.75, 3.05) is 7.05 Å². The van der Waals surface area contributed by atoms with Crippen LogP contribution in [-0.4, -0.2) is 21.7 Å². The van der Waals surface area contributed by atoms with Gasteiger partial charge in [0.05, 0.1) is 22.5 Å².